The fourth-order valence-electron chi connectivity index (χ4n) is 5.39. The van der Waals surface area contributed by atoms with E-state index in [-0.39, 0.29) is 18.6 Å². The first-order valence-corrected chi connectivity index (χ1v) is 14.8. The number of alkyl halides is 6. The van der Waals surface area contributed by atoms with Gasteiger partial charge in [0.05, 0.1) is 17.2 Å². The van der Waals surface area contributed by atoms with Gasteiger partial charge in [0.2, 0.25) is 0 Å². The molecule has 0 bridgehead atoms. The van der Waals surface area contributed by atoms with Gasteiger partial charge < -0.3 is 15.7 Å². The Hall–Kier alpha value is -4.34. The molecule has 5 aromatic rings. The highest BCUT2D eigenvalue weighted by molar-refractivity contribution is 5.83. The minimum absolute atomic E-state index is 0.155. The molecule has 240 valence electrons. The van der Waals surface area contributed by atoms with Crippen molar-refractivity contribution >= 4 is 16.5 Å². The molecule has 0 amide bonds. The fraction of sp³-hybridized carbons (Fsp3) is 0.243. The molecule has 0 aliphatic heterocycles. The second kappa shape index (κ2) is 13.2. The second-order valence-corrected chi connectivity index (χ2v) is 12.1. The van der Waals surface area contributed by atoms with E-state index in [0.29, 0.717) is 27.9 Å². The van der Waals surface area contributed by atoms with Crippen molar-refractivity contribution in [3.05, 3.63) is 126 Å². The van der Waals surface area contributed by atoms with Crippen molar-refractivity contribution in [1.82, 2.24) is 5.32 Å². The lowest BCUT2D eigenvalue weighted by atomic mass is 9.93. The number of aliphatic hydroxyl groups excluding tert-OH is 1. The first kappa shape index (κ1) is 33.0. The lowest BCUT2D eigenvalue weighted by Crippen LogP contribution is -2.46. The van der Waals surface area contributed by atoms with Crippen LogP contribution in [0.3, 0.4) is 0 Å². The van der Waals surface area contributed by atoms with Crippen molar-refractivity contribution in [3.63, 3.8) is 0 Å². The molecule has 0 fully saturated rings. The van der Waals surface area contributed by atoms with Gasteiger partial charge in [-0.2, -0.15) is 26.3 Å². The summed E-state index contributed by atoms with van der Waals surface area (Å²) >= 11 is 0. The Bertz CT molecular complexity index is 1700. The predicted octanol–water partition coefficient (Wildman–Crippen LogP) is 9.60. The van der Waals surface area contributed by atoms with E-state index in [2.05, 4.69) is 54.8 Å². The van der Waals surface area contributed by atoms with Crippen LogP contribution in [-0.2, 0) is 18.8 Å². The summed E-state index contributed by atoms with van der Waals surface area (Å²) in [6.07, 6.45) is -9.02. The van der Waals surface area contributed by atoms with E-state index in [1.165, 1.54) is 35.2 Å². The number of β-amino-alcohol motifs (C(OH)–C–C–N with tert-alkyl or cyclic N) is 1. The van der Waals surface area contributed by atoms with Gasteiger partial charge in [0.25, 0.3) is 0 Å². The predicted molar refractivity (Wildman–Crippen MR) is 172 cm³/mol. The molecule has 5 aromatic carbocycles. The highest BCUT2D eigenvalue weighted by Gasteiger charge is 2.31. The molecule has 0 heterocycles. The van der Waals surface area contributed by atoms with Crippen molar-refractivity contribution < 1.29 is 31.4 Å². The zero-order valence-electron chi connectivity index (χ0n) is 25.3. The number of rotatable bonds is 10. The molecule has 3 N–H and O–H groups in total. The van der Waals surface area contributed by atoms with Crippen LogP contribution in [0.1, 0.15) is 30.5 Å². The Labute approximate surface area is 263 Å². The molecule has 0 spiro atoms. The molecule has 5 rings (SSSR count). The average molecular weight is 637 g/mol. The molecule has 0 saturated carbocycles. The van der Waals surface area contributed by atoms with Gasteiger partial charge in [-0.1, -0.05) is 66.7 Å². The van der Waals surface area contributed by atoms with Crippen molar-refractivity contribution in [3.8, 4) is 22.3 Å². The summed E-state index contributed by atoms with van der Waals surface area (Å²) < 4.78 is 78.9. The van der Waals surface area contributed by atoms with Crippen molar-refractivity contribution in [2.75, 3.05) is 18.4 Å². The molecule has 0 saturated heterocycles. The minimum atomic E-state index is -4.48. The third-order valence-electron chi connectivity index (χ3n) is 7.84. The highest BCUT2D eigenvalue weighted by Crippen LogP contribution is 2.35. The SMILES string of the molecule is CC(C)(Cc1ccc2ccccc2c1)NCC(O)CNc1cc(-c2ccc(C(F)(F)F)cc2)cc(-c2ccc(C(F)(F)F)cc2)c1. The minimum Gasteiger partial charge on any atom is -0.390 e. The molecule has 1 unspecified atom stereocenters. The Balaban J connectivity index is 1.30. The standard InChI is InChI=1S/C37H34F6N2O/c1-35(2,21-24-7-8-25-5-3-4-6-28(25)17-24)45-23-34(46)22-44-33-19-29(26-9-13-31(14-10-26)36(38,39)40)18-30(20-33)27-11-15-32(16-12-27)37(41,42)43/h3-20,34,44-46H,21-23H2,1-2H3. The van der Waals surface area contributed by atoms with Gasteiger partial charge in [0.15, 0.2) is 0 Å². The number of aliphatic hydroxyl groups is 1. The molecular weight excluding hydrogens is 602 g/mol. The van der Waals surface area contributed by atoms with Crippen LogP contribution in [0, 0.1) is 0 Å². The lowest BCUT2D eigenvalue weighted by molar-refractivity contribution is -0.138. The van der Waals surface area contributed by atoms with Gasteiger partial charge in [-0.15, -0.1) is 0 Å². The van der Waals surface area contributed by atoms with Crippen molar-refractivity contribution in [1.29, 1.82) is 0 Å². The van der Waals surface area contributed by atoms with E-state index in [1.807, 2.05) is 12.1 Å². The zero-order valence-corrected chi connectivity index (χ0v) is 25.3. The summed E-state index contributed by atoms with van der Waals surface area (Å²) in [5.74, 6) is 0. The number of nitrogens with one attached hydrogen (secondary N) is 2. The number of hydrogen-bond donors (Lipinski definition) is 3. The van der Waals surface area contributed by atoms with Gasteiger partial charge in [0.1, 0.15) is 0 Å². The lowest BCUT2D eigenvalue weighted by Gasteiger charge is -2.28. The average Bonchev–Trinajstić information content (AvgIpc) is 3.02. The molecule has 1 atom stereocenters. The summed E-state index contributed by atoms with van der Waals surface area (Å²) in [7, 11) is 0. The Morgan fingerprint density at radius 3 is 1.63 bits per heavy atom. The molecule has 0 radical (unpaired) electrons. The van der Waals surface area contributed by atoms with E-state index in [9.17, 15) is 31.4 Å². The van der Waals surface area contributed by atoms with Crippen molar-refractivity contribution in [2.45, 2.75) is 44.3 Å². The molecule has 0 aliphatic rings. The van der Waals surface area contributed by atoms with E-state index in [0.717, 1.165) is 36.1 Å². The smallest absolute Gasteiger partial charge is 0.390 e. The number of benzene rings is 5. The second-order valence-electron chi connectivity index (χ2n) is 12.1. The summed E-state index contributed by atoms with van der Waals surface area (Å²) in [5.41, 5.74) is 1.98. The van der Waals surface area contributed by atoms with Gasteiger partial charge >= 0.3 is 12.4 Å². The molecular formula is C37H34F6N2O. The Morgan fingerprint density at radius 2 is 1.11 bits per heavy atom. The van der Waals surface area contributed by atoms with E-state index in [1.54, 1.807) is 18.2 Å². The van der Waals surface area contributed by atoms with E-state index >= 15 is 0 Å². The largest absolute Gasteiger partial charge is 0.416 e. The van der Waals surface area contributed by atoms with E-state index < -0.39 is 29.6 Å². The maximum Gasteiger partial charge on any atom is 0.416 e. The van der Waals surface area contributed by atoms with Crippen LogP contribution in [0.5, 0.6) is 0 Å². The zero-order chi connectivity index (χ0) is 33.1. The van der Waals surface area contributed by atoms with E-state index in [4.69, 9.17) is 0 Å². The van der Waals surface area contributed by atoms with Crippen LogP contribution >= 0.6 is 0 Å². The quantitative estimate of drug-likeness (QED) is 0.134. The van der Waals surface area contributed by atoms with Gasteiger partial charge in [-0.3, -0.25) is 0 Å². The fourth-order valence-corrected chi connectivity index (χ4v) is 5.39. The Morgan fingerprint density at radius 1 is 0.587 bits per heavy atom. The Kier molecular flexibility index (Phi) is 9.47. The number of hydrogen-bond acceptors (Lipinski definition) is 3. The highest BCUT2D eigenvalue weighted by atomic mass is 19.4. The van der Waals surface area contributed by atoms with Crippen molar-refractivity contribution in [2.24, 2.45) is 0 Å². The topological polar surface area (TPSA) is 44.3 Å². The van der Waals surface area contributed by atoms with Crippen LogP contribution in [0.15, 0.2) is 109 Å². The third kappa shape index (κ3) is 8.47. The van der Waals surface area contributed by atoms with Gasteiger partial charge in [-0.05, 0) is 101 Å². The maximum atomic E-state index is 13.1. The summed E-state index contributed by atoms with van der Waals surface area (Å²) in [4.78, 5) is 0. The third-order valence-corrected chi connectivity index (χ3v) is 7.84. The summed E-state index contributed by atoms with van der Waals surface area (Å²) in [6, 6.07) is 29.1. The molecule has 46 heavy (non-hydrogen) atoms. The van der Waals surface area contributed by atoms with Crippen LogP contribution < -0.4 is 10.6 Å². The number of halogens is 6. The van der Waals surface area contributed by atoms with Gasteiger partial charge in [0, 0.05) is 24.3 Å². The maximum absolute atomic E-state index is 13.1. The van der Waals surface area contributed by atoms with Gasteiger partial charge in [-0.25, -0.2) is 0 Å². The van der Waals surface area contributed by atoms with Crippen LogP contribution in [-0.4, -0.2) is 29.8 Å². The number of anilines is 1. The first-order valence-electron chi connectivity index (χ1n) is 14.8. The van der Waals surface area contributed by atoms with Crippen LogP contribution in [0.4, 0.5) is 32.0 Å². The summed E-state index contributed by atoms with van der Waals surface area (Å²) in [5, 5.41) is 19.8. The summed E-state index contributed by atoms with van der Waals surface area (Å²) in [6.45, 7) is 4.57. The number of fused-ring (bicyclic) bond motifs is 1. The van der Waals surface area contributed by atoms with Crippen LogP contribution in [0.25, 0.3) is 33.0 Å². The normalized spacial score (nSPS) is 13.2. The first-order chi connectivity index (χ1) is 21.7. The molecule has 0 aromatic heterocycles. The molecule has 9 heteroatoms. The molecule has 0 aliphatic carbocycles. The van der Waals surface area contributed by atoms with Crippen LogP contribution in [0.2, 0.25) is 0 Å². The molecule has 3 nitrogen and oxygen atoms in total. The monoisotopic (exact) mass is 636 g/mol.